The van der Waals surface area contributed by atoms with Gasteiger partial charge in [-0.2, -0.15) is 0 Å². The maximum absolute atomic E-state index is 10.7. The van der Waals surface area contributed by atoms with E-state index in [2.05, 4.69) is 15.9 Å². The quantitative estimate of drug-likeness (QED) is 0.746. The summed E-state index contributed by atoms with van der Waals surface area (Å²) in [5.74, 6) is 0. The molecule has 0 spiro atoms. The molecule has 0 heterocycles. The Balaban J connectivity index is 0.00000121. The van der Waals surface area contributed by atoms with E-state index in [1.807, 2.05) is 0 Å². The smallest absolute Gasteiger partial charge is 0.207 e. The first-order valence-corrected chi connectivity index (χ1v) is 5.80. The second-order valence-electron chi connectivity index (χ2n) is 1.89. The highest BCUT2D eigenvalue weighted by Gasteiger charge is 2.07. The molecular formula is C6H5BrCl2O2S. The van der Waals surface area contributed by atoms with Gasteiger partial charge in [0.05, 0.1) is 4.90 Å². The lowest BCUT2D eigenvalue weighted by Crippen LogP contribution is -1.88. The minimum atomic E-state index is -3.57. The first-order valence-electron chi connectivity index (χ1n) is 2.70. The molecule has 0 aliphatic heterocycles. The van der Waals surface area contributed by atoms with Gasteiger partial charge in [0.15, 0.2) is 0 Å². The normalized spacial score (nSPS) is 10.5. The fraction of sp³-hybridized carbons (Fsp3) is 0. The molecule has 0 aliphatic carbocycles. The topological polar surface area (TPSA) is 34.1 Å². The molecule has 0 fully saturated rings. The lowest BCUT2D eigenvalue weighted by atomic mass is 10.4. The van der Waals surface area contributed by atoms with Gasteiger partial charge in [0.25, 0.3) is 9.05 Å². The summed E-state index contributed by atoms with van der Waals surface area (Å²) >= 11 is 3.17. The third-order valence-corrected chi connectivity index (χ3v) is 2.99. The highest BCUT2D eigenvalue weighted by Crippen LogP contribution is 2.17. The zero-order valence-electron chi connectivity index (χ0n) is 5.70. The third kappa shape index (κ3) is 3.31. The molecule has 2 nitrogen and oxygen atoms in total. The molecule has 1 rings (SSSR count). The van der Waals surface area contributed by atoms with E-state index in [0.717, 1.165) is 4.47 Å². The average molecular weight is 292 g/mol. The van der Waals surface area contributed by atoms with Crippen LogP contribution in [0.4, 0.5) is 0 Å². The molecule has 12 heavy (non-hydrogen) atoms. The maximum atomic E-state index is 10.7. The van der Waals surface area contributed by atoms with Gasteiger partial charge in [-0.15, -0.1) is 12.4 Å². The largest absolute Gasteiger partial charge is 0.261 e. The minimum Gasteiger partial charge on any atom is -0.207 e. The molecule has 0 radical (unpaired) electrons. The van der Waals surface area contributed by atoms with Crippen molar-refractivity contribution in [2.45, 2.75) is 4.90 Å². The molecule has 1 aromatic carbocycles. The van der Waals surface area contributed by atoms with Crippen LogP contribution in [-0.2, 0) is 9.05 Å². The van der Waals surface area contributed by atoms with Crippen molar-refractivity contribution in [1.82, 2.24) is 0 Å². The SMILES string of the molecule is Cl.O=S(=O)(Cl)c1ccc(Br)cc1. The van der Waals surface area contributed by atoms with Crippen LogP contribution in [0.2, 0.25) is 0 Å². The van der Waals surface area contributed by atoms with Crippen LogP contribution in [0.15, 0.2) is 33.6 Å². The van der Waals surface area contributed by atoms with Gasteiger partial charge in [-0.3, -0.25) is 0 Å². The summed E-state index contributed by atoms with van der Waals surface area (Å²) in [5, 5.41) is 0. The number of benzene rings is 1. The molecule has 68 valence electrons. The van der Waals surface area contributed by atoms with Crippen molar-refractivity contribution in [3.8, 4) is 0 Å². The van der Waals surface area contributed by atoms with Crippen LogP contribution in [0.3, 0.4) is 0 Å². The molecule has 0 atom stereocenters. The Morgan fingerprint density at radius 1 is 1.17 bits per heavy atom. The minimum absolute atomic E-state index is 0. The van der Waals surface area contributed by atoms with Gasteiger partial charge in [0, 0.05) is 15.2 Å². The Morgan fingerprint density at radius 3 is 1.92 bits per heavy atom. The fourth-order valence-electron chi connectivity index (χ4n) is 0.597. The van der Waals surface area contributed by atoms with Crippen LogP contribution in [0.5, 0.6) is 0 Å². The number of halogens is 3. The summed E-state index contributed by atoms with van der Waals surface area (Å²) in [6.45, 7) is 0. The van der Waals surface area contributed by atoms with Crippen LogP contribution in [0.1, 0.15) is 0 Å². The Kier molecular flexibility index (Phi) is 4.55. The van der Waals surface area contributed by atoms with E-state index in [9.17, 15) is 8.42 Å². The van der Waals surface area contributed by atoms with E-state index in [0.29, 0.717) is 0 Å². The van der Waals surface area contributed by atoms with Crippen molar-refractivity contribution in [1.29, 1.82) is 0 Å². The summed E-state index contributed by atoms with van der Waals surface area (Å²) in [6, 6.07) is 6.11. The summed E-state index contributed by atoms with van der Waals surface area (Å²) < 4.78 is 22.2. The van der Waals surface area contributed by atoms with E-state index >= 15 is 0 Å². The molecule has 1 aromatic rings. The van der Waals surface area contributed by atoms with Gasteiger partial charge >= 0.3 is 0 Å². The predicted octanol–water partition coefficient (Wildman–Crippen LogP) is 2.80. The van der Waals surface area contributed by atoms with Gasteiger partial charge in [0.2, 0.25) is 0 Å². The average Bonchev–Trinajstić information content (AvgIpc) is 1.86. The second kappa shape index (κ2) is 4.46. The molecule has 0 N–H and O–H groups in total. The van der Waals surface area contributed by atoms with E-state index in [4.69, 9.17) is 10.7 Å². The van der Waals surface area contributed by atoms with E-state index in [-0.39, 0.29) is 17.3 Å². The Bertz CT molecular complexity index is 346. The molecule has 0 bridgehead atoms. The van der Waals surface area contributed by atoms with E-state index < -0.39 is 9.05 Å². The van der Waals surface area contributed by atoms with Crippen LogP contribution >= 0.6 is 39.0 Å². The van der Waals surface area contributed by atoms with Crippen molar-refractivity contribution in [2.24, 2.45) is 0 Å². The Labute approximate surface area is 89.9 Å². The van der Waals surface area contributed by atoms with Gasteiger partial charge in [-0.1, -0.05) is 15.9 Å². The summed E-state index contributed by atoms with van der Waals surface area (Å²) in [6.07, 6.45) is 0. The molecule has 0 aliphatic rings. The lowest BCUT2D eigenvalue weighted by molar-refractivity contribution is 0.609. The van der Waals surface area contributed by atoms with Crippen LogP contribution in [-0.4, -0.2) is 8.42 Å². The maximum Gasteiger partial charge on any atom is 0.261 e. The number of hydrogen-bond acceptors (Lipinski definition) is 2. The zero-order chi connectivity index (χ0) is 8.48. The Hall–Kier alpha value is 0.230. The highest BCUT2D eigenvalue weighted by molar-refractivity contribution is 9.10. The molecule has 0 saturated heterocycles. The zero-order valence-corrected chi connectivity index (χ0v) is 9.67. The van der Waals surface area contributed by atoms with Gasteiger partial charge in [-0.25, -0.2) is 8.42 Å². The molecule has 0 amide bonds. The third-order valence-electron chi connectivity index (χ3n) is 1.10. The van der Waals surface area contributed by atoms with Gasteiger partial charge < -0.3 is 0 Å². The summed E-state index contributed by atoms with van der Waals surface area (Å²) in [4.78, 5) is 0.113. The standard InChI is InChI=1S/C6H4BrClO2S.ClH/c7-5-1-3-6(4-2-5)11(8,9)10;/h1-4H;1H. The first kappa shape index (κ1) is 12.2. The van der Waals surface area contributed by atoms with E-state index in [1.54, 1.807) is 12.1 Å². The van der Waals surface area contributed by atoms with Crippen molar-refractivity contribution in [2.75, 3.05) is 0 Å². The molecule has 0 saturated carbocycles. The monoisotopic (exact) mass is 290 g/mol. The van der Waals surface area contributed by atoms with Gasteiger partial charge in [-0.05, 0) is 24.3 Å². The van der Waals surface area contributed by atoms with Crippen LogP contribution in [0.25, 0.3) is 0 Å². The number of rotatable bonds is 1. The van der Waals surface area contributed by atoms with Crippen molar-refractivity contribution < 1.29 is 8.42 Å². The summed E-state index contributed by atoms with van der Waals surface area (Å²) in [7, 11) is 1.50. The lowest BCUT2D eigenvalue weighted by Gasteiger charge is -1.93. The molecule has 0 unspecified atom stereocenters. The fourth-order valence-corrected chi connectivity index (χ4v) is 1.63. The van der Waals surface area contributed by atoms with Crippen LogP contribution in [0, 0.1) is 0 Å². The van der Waals surface area contributed by atoms with Crippen molar-refractivity contribution in [3.63, 3.8) is 0 Å². The van der Waals surface area contributed by atoms with Crippen LogP contribution < -0.4 is 0 Å². The van der Waals surface area contributed by atoms with Crippen molar-refractivity contribution >= 4 is 48.1 Å². The predicted molar refractivity (Wildman–Crippen MR) is 54.4 cm³/mol. The molecule has 0 aromatic heterocycles. The highest BCUT2D eigenvalue weighted by atomic mass is 79.9. The Morgan fingerprint density at radius 2 is 1.58 bits per heavy atom. The van der Waals surface area contributed by atoms with Crippen molar-refractivity contribution in [3.05, 3.63) is 28.7 Å². The number of hydrogen-bond donors (Lipinski definition) is 0. The van der Waals surface area contributed by atoms with Gasteiger partial charge in [0.1, 0.15) is 0 Å². The summed E-state index contributed by atoms with van der Waals surface area (Å²) in [5.41, 5.74) is 0. The second-order valence-corrected chi connectivity index (χ2v) is 5.37. The molecular weight excluding hydrogens is 287 g/mol. The van der Waals surface area contributed by atoms with E-state index in [1.165, 1.54) is 12.1 Å². The first-order chi connectivity index (χ1) is 5.00. The molecule has 6 heteroatoms.